The van der Waals surface area contributed by atoms with Gasteiger partial charge in [-0.1, -0.05) is 11.6 Å². The Morgan fingerprint density at radius 1 is 1.14 bits per heavy atom. The van der Waals surface area contributed by atoms with Gasteiger partial charge in [0, 0.05) is 39.5 Å². The number of anilines is 1. The minimum absolute atomic E-state index is 0.0259. The monoisotopic (exact) mass is 553 g/mol. The molecule has 202 valence electrons. The van der Waals surface area contributed by atoms with E-state index in [1.807, 2.05) is 0 Å². The van der Waals surface area contributed by atoms with Crippen LogP contribution in [0.5, 0.6) is 0 Å². The molecule has 4 amide bonds. The molecule has 3 fully saturated rings. The van der Waals surface area contributed by atoms with Crippen LogP contribution in [0.4, 0.5) is 5.69 Å². The predicted octanol–water partition coefficient (Wildman–Crippen LogP) is 1.04. The summed E-state index contributed by atoms with van der Waals surface area (Å²) in [5.74, 6) is -0.929. The van der Waals surface area contributed by atoms with Gasteiger partial charge in [0.05, 0.1) is 28.2 Å². The molecule has 0 radical (unpaired) electrons. The molecule has 2 unspecified atom stereocenters. The number of nitrogens with one attached hydrogen (secondary N) is 2. The largest absolute Gasteiger partial charge is 0.341 e. The number of halogens is 1. The molecule has 0 bridgehead atoms. The van der Waals surface area contributed by atoms with E-state index < -0.39 is 22.0 Å². The molecule has 2 aliphatic heterocycles. The molecule has 1 aromatic rings. The number of carbonyl (C=O) groups excluding carboxylic acids is 4. The Balaban J connectivity index is 1.36. The van der Waals surface area contributed by atoms with E-state index in [2.05, 4.69) is 10.0 Å². The summed E-state index contributed by atoms with van der Waals surface area (Å²) in [7, 11) is -2.38. The lowest BCUT2D eigenvalue weighted by Crippen LogP contribution is -2.54. The van der Waals surface area contributed by atoms with Gasteiger partial charge in [-0.05, 0) is 50.3 Å². The van der Waals surface area contributed by atoms with Crippen molar-refractivity contribution in [3.63, 3.8) is 0 Å². The molecule has 0 spiro atoms. The maximum Gasteiger partial charge on any atom is 0.242 e. The molecule has 11 nitrogen and oxygen atoms in total. The number of benzene rings is 1. The smallest absolute Gasteiger partial charge is 0.242 e. The van der Waals surface area contributed by atoms with Crippen LogP contribution in [0.1, 0.15) is 39.0 Å². The quantitative estimate of drug-likeness (QED) is 0.493. The van der Waals surface area contributed by atoms with Crippen molar-refractivity contribution in [1.29, 1.82) is 0 Å². The first-order valence-electron chi connectivity index (χ1n) is 12.4. The summed E-state index contributed by atoms with van der Waals surface area (Å²) in [6.07, 6.45) is 3.17. The van der Waals surface area contributed by atoms with E-state index in [-0.39, 0.29) is 46.1 Å². The van der Waals surface area contributed by atoms with Gasteiger partial charge in [-0.3, -0.25) is 19.2 Å². The summed E-state index contributed by atoms with van der Waals surface area (Å²) >= 11 is 6.22. The highest BCUT2D eigenvalue weighted by molar-refractivity contribution is 7.89. The fraction of sp³-hybridized carbons (Fsp3) is 0.583. The first-order valence-corrected chi connectivity index (χ1v) is 14.2. The summed E-state index contributed by atoms with van der Waals surface area (Å²) in [6, 6.07) is 2.93. The Hall–Kier alpha value is -2.70. The lowest BCUT2D eigenvalue weighted by Gasteiger charge is -2.33. The molecule has 2 heterocycles. The number of hydrogen-bond donors (Lipinski definition) is 2. The van der Waals surface area contributed by atoms with Gasteiger partial charge in [0.25, 0.3) is 0 Å². The third kappa shape index (κ3) is 6.42. The predicted molar refractivity (Wildman–Crippen MR) is 136 cm³/mol. The van der Waals surface area contributed by atoms with E-state index in [1.54, 1.807) is 16.8 Å². The zero-order valence-corrected chi connectivity index (χ0v) is 22.5. The number of amides is 4. The molecule has 2 saturated heterocycles. The van der Waals surface area contributed by atoms with Gasteiger partial charge in [-0.2, -0.15) is 4.72 Å². The normalized spacial score (nSPS) is 22.2. The van der Waals surface area contributed by atoms with Crippen LogP contribution in [0, 0.1) is 5.92 Å². The minimum Gasteiger partial charge on any atom is -0.341 e. The molecule has 0 aromatic heterocycles. The van der Waals surface area contributed by atoms with Crippen LogP contribution < -0.4 is 10.0 Å². The SMILES string of the molecule is CC(=O)N(C)C1CCN(C(=O)CN2CCCC(NS(=O)(=O)c3ccc(NC(=O)C4CC4)c(Cl)c3)C2=O)C1. The topological polar surface area (TPSA) is 136 Å². The van der Waals surface area contributed by atoms with Crippen molar-refractivity contribution < 1.29 is 27.6 Å². The third-order valence-electron chi connectivity index (χ3n) is 7.17. The van der Waals surface area contributed by atoms with Crippen molar-refractivity contribution >= 4 is 50.9 Å². The second-order valence-corrected chi connectivity index (χ2v) is 12.0. The second kappa shape index (κ2) is 11.0. The number of sulfonamides is 1. The van der Waals surface area contributed by atoms with Gasteiger partial charge in [0.1, 0.15) is 6.04 Å². The van der Waals surface area contributed by atoms with Gasteiger partial charge in [0.2, 0.25) is 33.7 Å². The number of carbonyl (C=O) groups is 4. The highest BCUT2D eigenvalue weighted by Gasteiger charge is 2.36. The zero-order chi connectivity index (χ0) is 26.9. The van der Waals surface area contributed by atoms with Gasteiger partial charge < -0.3 is 20.0 Å². The molecule has 2 N–H and O–H groups in total. The molecular weight excluding hydrogens is 522 g/mol. The van der Waals surface area contributed by atoms with Crippen molar-refractivity contribution in [2.45, 2.75) is 56.0 Å². The molecule has 13 heteroatoms. The van der Waals surface area contributed by atoms with E-state index in [0.717, 1.165) is 12.8 Å². The summed E-state index contributed by atoms with van der Waals surface area (Å²) in [4.78, 5) is 54.0. The zero-order valence-electron chi connectivity index (χ0n) is 20.9. The summed E-state index contributed by atoms with van der Waals surface area (Å²) < 4.78 is 28.5. The van der Waals surface area contributed by atoms with Crippen LogP contribution in [0.2, 0.25) is 5.02 Å². The molecule has 37 heavy (non-hydrogen) atoms. The van der Waals surface area contributed by atoms with E-state index in [4.69, 9.17) is 11.6 Å². The summed E-state index contributed by atoms with van der Waals surface area (Å²) in [5, 5.41) is 2.78. The third-order valence-corrected chi connectivity index (χ3v) is 8.95. The lowest BCUT2D eigenvalue weighted by atomic mass is 10.1. The lowest BCUT2D eigenvalue weighted by molar-refractivity contribution is -0.142. The summed E-state index contributed by atoms with van der Waals surface area (Å²) in [5.41, 5.74) is 0.328. The Labute approximate surface area is 221 Å². The van der Waals surface area contributed by atoms with Crippen LogP contribution >= 0.6 is 11.6 Å². The molecule has 4 rings (SSSR count). The van der Waals surface area contributed by atoms with E-state index in [1.165, 1.54) is 30.0 Å². The summed E-state index contributed by atoms with van der Waals surface area (Å²) in [6.45, 7) is 2.60. The Kier molecular flexibility index (Phi) is 8.10. The van der Waals surface area contributed by atoms with Crippen LogP contribution in [-0.2, 0) is 29.2 Å². The molecular formula is C24H32ClN5O6S. The van der Waals surface area contributed by atoms with Crippen molar-refractivity contribution in [2.24, 2.45) is 5.92 Å². The Morgan fingerprint density at radius 3 is 2.51 bits per heavy atom. The standard InChI is InChI=1S/C24H32ClN5O6S/c1-15(31)28(2)17-9-11-29(13-17)22(32)14-30-10-3-4-21(24(30)34)27-37(35,36)18-7-8-20(19(25)12-18)26-23(33)16-5-6-16/h7-8,12,16-17,21,27H,3-6,9-11,13-14H2,1-2H3,(H,26,33). The Morgan fingerprint density at radius 2 is 1.86 bits per heavy atom. The van der Waals surface area contributed by atoms with E-state index in [0.29, 0.717) is 44.6 Å². The molecule has 2 atom stereocenters. The molecule has 3 aliphatic rings. The van der Waals surface area contributed by atoms with E-state index >= 15 is 0 Å². The van der Waals surface area contributed by atoms with Crippen LogP contribution in [0.15, 0.2) is 23.1 Å². The fourth-order valence-electron chi connectivity index (χ4n) is 4.61. The number of hydrogen-bond acceptors (Lipinski definition) is 6. The maximum atomic E-state index is 13.1. The van der Waals surface area contributed by atoms with Crippen molar-refractivity contribution in [3.8, 4) is 0 Å². The second-order valence-electron chi connectivity index (χ2n) is 9.89. The average molecular weight is 554 g/mol. The van der Waals surface area contributed by atoms with Crippen LogP contribution in [-0.4, -0.2) is 92.1 Å². The van der Waals surface area contributed by atoms with E-state index in [9.17, 15) is 27.6 Å². The van der Waals surface area contributed by atoms with Crippen molar-refractivity contribution in [2.75, 3.05) is 38.5 Å². The van der Waals surface area contributed by atoms with Gasteiger partial charge in [0.15, 0.2) is 0 Å². The van der Waals surface area contributed by atoms with Crippen LogP contribution in [0.25, 0.3) is 0 Å². The number of rotatable bonds is 8. The average Bonchev–Trinajstić information content (AvgIpc) is 3.58. The first-order chi connectivity index (χ1) is 17.5. The van der Waals surface area contributed by atoms with Crippen molar-refractivity contribution in [3.05, 3.63) is 23.2 Å². The maximum absolute atomic E-state index is 13.1. The molecule has 1 saturated carbocycles. The number of likely N-dealkylation sites (N-methyl/N-ethyl adjacent to an activating group) is 1. The molecule has 1 aliphatic carbocycles. The highest BCUT2D eigenvalue weighted by Crippen LogP contribution is 2.32. The first kappa shape index (κ1) is 27.3. The number of piperidine rings is 1. The van der Waals surface area contributed by atoms with Crippen LogP contribution in [0.3, 0.4) is 0 Å². The highest BCUT2D eigenvalue weighted by atomic mass is 35.5. The van der Waals surface area contributed by atoms with Crippen molar-refractivity contribution in [1.82, 2.24) is 19.4 Å². The number of nitrogens with zero attached hydrogens (tertiary/aromatic N) is 3. The number of likely N-dealkylation sites (tertiary alicyclic amines) is 2. The minimum atomic E-state index is -4.08. The molecule has 1 aromatic carbocycles. The van der Waals surface area contributed by atoms with Gasteiger partial charge in [-0.15, -0.1) is 0 Å². The Bertz CT molecular complexity index is 1200. The fourth-order valence-corrected chi connectivity index (χ4v) is 6.15. The van der Waals surface area contributed by atoms with Gasteiger partial charge >= 0.3 is 0 Å². The van der Waals surface area contributed by atoms with Gasteiger partial charge in [-0.25, -0.2) is 8.42 Å².